The van der Waals surface area contributed by atoms with E-state index in [1.54, 1.807) is 24.8 Å². The van der Waals surface area contributed by atoms with Gasteiger partial charge in [0.2, 0.25) is 0 Å². The molecule has 0 aliphatic heterocycles. The summed E-state index contributed by atoms with van der Waals surface area (Å²) in [6, 6.07) is 15.1. The summed E-state index contributed by atoms with van der Waals surface area (Å²) in [4.78, 5) is 30.0. The molecule has 1 amide bonds. The average molecular weight is 380 g/mol. The number of hydrogen-bond acceptors (Lipinski definition) is 5. The maximum absolute atomic E-state index is 12.4. The molecule has 0 unspecified atom stereocenters. The predicted octanol–water partition coefficient (Wildman–Crippen LogP) is 4.37. The summed E-state index contributed by atoms with van der Waals surface area (Å²) in [5, 5.41) is 3.58. The molecule has 1 heterocycles. The Morgan fingerprint density at radius 3 is 2.52 bits per heavy atom. The smallest absolute Gasteiger partial charge is 0.340 e. The topological polar surface area (TPSA) is 68.3 Å². The summed E-state index contributed by atoms with van der Waals surface area (Å²) in [7, 11) is 0. The lowest BCUT2D eigenvalue weighted by atomic mass is 10.1. The highest BCUT2D eigenvalue weighted by molar-refractivity contribution is 7.98. The number of fused-ring (bicyclic) bond motifs is 1. The Labute approximate surface area is 162 Å². The molecule has 0 spiro atoms. The van der Waals surface area contributed by atoms with E-state index in [-0.39, 0.29) is 12.5 Å². The predicted molar refractivity (Wildman–Crippen MR) is 108 cm³/mol. The lowest BCUT2D eigenvalue weighted by Crippen LogP contribution is -2.21. The highest BCUT2D eigenvalue weighted by Gasteiger charge is 2.15. The van der Waals surface area contributed by atoms with Gasteiger partial charge in [-0.2, -0.15) is 0 Å². The number of esters is 1. The van der Waals surface area contributed by atoms with Gasteiger partial charge in [0.05, 0.1) is 16.8 Å². The lowest BCUT2D eigenvalue weighted by molar-refractivity contribution is -0.119. The minimum absolute atomic E-state index is 0.353. The highest BCUT2D eigenvalue weighted by atomic mass is 32.2. The molecule has 1 aromatic heterocycles. The first-order valence-corrected chi connectivity index (χ1v) is 9.68. The zero-order chi connectivity index (χ0) is 19.4. The van der Waals surface area contributed by atoms with Gasteiger partial charge in [0.1, 0.15) is 0 Å². The summed E-state index contributed by atoms with van der Waals surface area (Å²) in [5.41, 5.74) is 3.50. The molecular weight excluding hydrogens is 360 g/mol. The molecule has 27 heavy (non-hydrogen) atoms. The van der Waals surface area contributed by atoms with Crippen LogP contribution in [0.15, 0.2) is 53.4 Å². The molecule has 0 radical (unpaired) electrons. The van der Waals surface area contributed by atoms with E-state index in [4.69, 9.17) is 4.74 Å². The van der Waals surface area contributed by atoms with Crippen LogP contribution in [0.2, 0.25) is 0 Å². The van der Waals surface area contributed by atoms with Crippen molar-refractivity contribution in [3.8, 4) is 0 Å². The number of aryl methyl sites for hydroxylation is 2. The number of hydrogen-bond donors (Lipinski definition) is 1. The van der Waals surface area contributed by atoms with Gasteiger partial charge >= 0.3 is 5.97 Å². The van der Waals surface area contributed by atoms with Crippen LogP contribution in [0, 0.1) is 13.8 Å². The number of anilines is 1. The molecular formula is C21H20N2O3S. The van der Waals surface area contributed by atoms with Crippen LogP contribution in [0.1, 0.15) is 21.6 Å². The zero-order valence-electron chi connectivity index (χ0n) is 15.4. The third kappa shape index (κ3) is 4.65. The van der Waals surface area contributed by atoms with Crippen LogP contribution in [0.25, 0.3) is 10.9 Å². The largest absolute Gasteiger partial charge is 0.452 e. The molecule has 0 saturated heterocycles. The number of pyridine rings is 1. The van der Waals surface area contributed by atoms with Gasteiger partial charge in [-0.15, -0.1) is 11.8 Å². The van der Waals surface area contributed by atoms with Crippen molar-refractivity contribution >= 4 is 40.2 Å². The average Bonchev–Trinajstić information content (AvgIpc) is 2.66. The molecule has 5 nitrogen and oxygen atoms in total. The van der Waals surface area contributed by atoms with E-state index in [1.165, 1.54) is 0 Å². The minimum Gasteiger partial charge on any atom is -0.452 e. The molecule has 138 valence electrons. The van der Waals surface area contributed by atoms with Gasteiger partial charge in [0.25, 0.3) is 5.91 Å². The quantitative estimate of drug-likeness (QED) is 0.526. The number of nitrogens with one attached hydrogen (secondary N) is 1. The van der Waals surface area contributed by atoms with Gasteiger partial charge in [0, 0.05) is 16.0 Å². The first-order valence-electron chi connectivity index (χ1n) is 8.45. The normalized spacial score (nSPS) is 10.6. The standard InChI is InChI=1S/C21H20N2O3S/c1-13-4-9-19-15(10-13)11-18(14(2)22-19)21(25)26-12-20(24)23-16-5-7-17(27-3)8-6-16/h4-11H,12H2,1-3H3,(H,23,24). The van der Waals surface area contributed by atoms with Crippen LogP contribution in [0.3, 0.4) is 0 Å². The Hall–Kier alpha value is -2.86. The van der Waals surface area contributed by atoms with Crippen molar-refractivity contribution in [2.45, 2.75) is 18.7 Å². The zero-order valence-corrected chi connectivity index (χ0v) is 16.2. The van der Waals surface area contributed by atoms with Crippen LogP contribution < -0.4 is 5.32 Å². The maximum Gasteiger partial charge on any atom is 0.340 e. The molecule has 0 aliphatic rings. The third-order valence-corrected chi connectivity index (χ3v) is 4.83. The number of carbonyl (C=O) groups excluding carboxylic acids is 2. The van der Waals surface area contributed by atoms with Crippen molar-refractivity contribution in [1.82, 2.24) is 4.98 Å². The van der Waals surface area contributed by atoms with Gasteiger partial charge < -0.3 is 10.1 Å². The first kappa shape index (κ1) is 18.9. The summed E-state index contributed by atoms with van der Waals surface area (Å²) in [6.45, 7) is 3.38. The Morgan fingerprint density at radius 2 is 1.81 bits per heavy atom. The number of benzene rings is 2. The fourth-order valence-electron chi connectivity index (χ4n) is 2.68. The van der Waals surface area contributed by atoms with E-state index in [2.05, 4.69) is 10.3 Å². The molecule has 6 heteroatoms. The molecule has 3 aromatic rings. The summed E-state index contributed by atoms with van der Waals surface area (Å²) < 4.78 is 5.17. The fraction of sp³-hybridized carbons (Fsp3) is 0.190. The van der Waals surface area contributed by atoms with Crippen molar-refractivity contribution in [3.63, 3.8) is 0 Å². The molecule has 0 atom stereocenters. The molecule has 1 N–H and O–H groups in total. The van der Waals surface area contributed by atoms with Crippen LogP contribution in [-0.2, 0) is 9.53 Å². The van der Waals surface area contributed by atoms with Gasteiger partial charge in [-0.1, -0.05) is 11.6 Å². The first-order chi connectivity index (χ1) is 13.0. The number of aromatic nitrogens is 1. The highest BCUT2D eigenvalue weighted by Crippen LogP contribution is 2.19. The summed E-state index contributed by atoms with van der Waals surface area (Å²) in [6.07, 6.45) is 1.98. The number of ether oxygens (including phenoxy) is 1. The van der Waals surface area contributed by atoms with Gasteiger partial charge in [-0.3, -0.25) is 9.78 Å². The van der Waals surface area contributed by atoms with E-state index >= 15 is 0 Å². The van der Waals surface area contributed by atoms with E-state index in [0.717, 1.165) is 21.4 Å². The van der Waals surface area contributed by atoms with E-state index in [1.807, 2.05) is 55.6 Å². The summed E-state index contributed by atoms with van der Waals surface area (Å²) >= 11 is 1.62. The van der Waals surface area contributed by atoms with E-state index in [0.29, 0.717) is 16.9 Å². The second kappa shape index (κ2) is 8.22. The van der Waals surface area contributed by atoms with E-state index in [9.17, 15) is 9.59 Å². The van der Waals surface area contributed by atoms with Crippen molar-refractivity contribution in [1.29, 1.82) is 0 Å². The molecule has 0 fully saturated rings. The molecule has 0 bridgehead atoms. The number of rotatable bonds is 5. The Morgan fingerprint density at radius 1 is 1.07 bits per heavy atom. The number of thioether (sulfide) groups is 1. The second-order valence-electron chi connectivity index (χ2n) is 6.17. The van der Waals surface area contributed by atoms with Gasteiger partial charge in [-0.05, 0) is 62.6 Å². The second-order valence-corrected chi connectivity index (χ2v) is 7.05. The SMILES string of the molecule is CSc1ccc(NC(=O)COC(=O)c2cc3cc(C)ccc3nc2C)cc1. The van der Waals surface area contributed by atoms with Crippen molar-refractivity contribution < 1.29 is 14.3 Å². The third-order valence-electron chi connectivity index (χ3n) is 4.09. The molecule has 0 saturated carbocycles. The Kier molecular flexibility index (Phi) is 5.76. The fourth-order valence-corrected chi connectivity index (χ4v) is 3.09. The van der Waals surface area contributed by atoms with Crippen molar-refractivity contribution in [2.75, 3.05) is 18.2 Å². The van der Waals surface area contributed by atoms with Crippen LogP contribution >= 0.6 is 11.8 Å². The monoisotopic (exact) mass is 380 g/mol. The molecule has 0 aliphatic carbocycles. The lowest BCUT2D eigenvalue weighted by Gasteiger charge is -2.09. The van der Waals surface area contributed by atoms with Crippen LogP contribution in [0.4, 0.5) is 5.69 Å². The van der Waals surface area contributed by atoms with Crippen molar-refractivity contribution in [2.24, 2.45) is 0 Å². The Bertz CT molecular complexity index is 1000. The molecule has 3 rings (SSSR count). The van der Waals surface area contributed by atoms with Gasteiger partial charge in [0.15, 0.2) is 6.61 Å². The van der Waals surface area contributed by atoms with E-state index < -0.39 is 5.97 Å². The Balaban J connectivity index is 1.65. The van der Waals surface area contributed by atoms with Gasteiger partial charge in [-0.25, -0.2) is 4.79 Å². The van der Waals surface area contributed by atoms with Crippen LogP contribution in [-0.4, -0.2) is 29.7 Å². The van der Waals surface area contributed by atoms with Crippen LogP contribution in [0.5, 0.6) is 0 Å². The molecule has 2 aromatic carbocycles. The van der Waals surface area contributed by atoms with Crippen molar-refractivity contribution in [3.05, 3.63) is 65.4 Å². The maximum atomic E-state index is 12.4. The summed E-state index contributed by atoms with van der Waals surface area (Å²) in [5.74, 6) is -0.946. The minimum atomic E-state index is -0.559. The number of amides is 1. The number of carbonyl (C=O) groups is 2. The number of nitrogens with zero attached hydrogens (tertiary/aromatic N) is 1.